The largest absolute Gasteiger partial charge is 0.310 e. The lowest BCUT2D eigenvalue weighted by molar-refractivity contribution is 0.396. The van der Waals surface area contributed by atoms with Gasteiger partial charge in [-0.2, -0.15) is 0 Å². The summed E-state index contributed by atoms with van der Waals surface area (Å²) in [7, 11) is 0. The van der Waals surface area contributed by atoms with Gasteiger partial charge in [-0.15, -0.1) is 5.10 Å². The van der Waals surface area contributed by atoms with Crippen LogP contribution in [0.15, 0.2) is 23.6 Å². The summed E-state index contributed by atoms with van der Waals surface area (Å²) in [6.07, 6.45) is 3.74. The number of rotatable bonds is 6. The Labute approximate surface area is 129 Å². The van der Waals surface area contributed by atoms with E-state index in [-0.39, 0.29) is 5.54 Å². The Bertz CT molecular complexity index is 575. The minimum atomic E-state index is 0.106. The van der Waals surface area contributed by atoms with E-state index in [0.717, 1.165) is 24.0 Å². The van der Waals surface area contributed by atoms with Gasteiger partial charge in [0.05, 0.1) is 6.54 Å². The van der Waals surface area contributed by atoms with Crippen molar-refractivity contribution in [1.29, 1.82) is 0 Å². The first kappa shape index (κ1) is 15.9. The molecular formula is C14H22N6S. The quantitative estimate of drug-likeness (QED) is 0.824. The highest BCUT2D eigenvalue weighted by atomic mass is 32.2. The number of nitrogens with zero attached hydrogens (tertiary/aromatic N) is 5. The number of aryl methyl sites for hydroxylation is 1. The number of hydrogen-bond donors (Lipinski definition) is 1. The molecule has 2 rings (SSSR count). The van der Waals surface area contributed by atoms with Gasteiger partial charge in [0.15, 0.2) is 0 Å². The first-order chi connectivity index (χ1) is 9.94. The zero-order valence-electron chi connectivity index (χ0n) is 13.0. The summed E-state index contributed by atoms with van der Waals surface area (Å²) in [4.78, 5) is 4.20. The molecule has 2 aromatic rings. The maximum Gasteiger partial charge on any atom is 0.209 e. The second-order valence-corrected chi connectivity index (χ2v) is 6.96. The Balaban J connectivity index is 1.88. The van der Waals surface area contributed by atoms with E-state index in [2.05, 4.69) is 52.7 Å². The standard InChI is InChI=1S/C14H22N6S/c1-11-7-12(9-15-8-11)10-21-13-17-18-19-20(13)6-5-16-14(2,3)4/h7-9,16H,5-6,10H2,1-4H3. The lowest BCUT2D eigenvalue weighted by atomic mass is 10.1. The molecule has 0 spiro atoms. The number of aromatic nitrogens is 5. The van der Waals surface area contributed by atoms with Crippen LogP contribution < -0.4 is 5.32 Å². The van der Waals surface area contributed by atoms with Gasteiger partial charge >= 0.3 is 0 Å². The van der Waals surface area contributed by atoms with Gasteiger partial charge in [-0.3, -0.25) is 4.98 Å². The molecular weight excluding hydrogens is 284 g/mol. The highest BCUT2D eigenvalue weighted by molar-refractivity contribution is 7.98. The lowest BCUT2D eigenvalue weighted by Crippen LogP contribution is -2.38. The average molecular weight is 306 g/mol. The second kappa shape index (κ2) is 7.00. The molecule has 0 radical (unpaired) electrons. The Morgan fingerprint density at radius 3 is 2.81 bits per heavy atom. The average Bonchev–Trinajstić information content (AvgIpc) is 2.82. The van der Waals surface area contributed by atoms with Crippen molar-refractivity contribution in [2.24, 2.45) is 0 Å². The van der Waals surface area contributed by atoms with Gasteiger partial charge in [0.2, 0.25) is 5.16 Å². The normalized spacial score (nSPS) is 11.8. The number of nitrogens with one attached hydrogen (secondary N) is 1. The number of thioether (sulfide) groups is 1. The molecule has 0 saturated heterocycles. The number of tetrazole rings is 1. The van der Waals surface area contributed by atoms with Crippen LogP contribution in [-0.2, 0) is 12.3 Å². The van der Waals surface area contributed by atoms with Crippen molar-refractivity contribution in [2.75, 3.05) is 6.54 Å². The molecule has 0 bridgehead atoms. The summed E-state index contributed by atoms with van der Waals surface area (Å²) >= 11 is 1.63. The topological polar surface area (TPSA) is 68.5 Å². The van der Waals surface area contributed by atoms with Gasteiger partial charge in [0, 0.05) is 30.2 Å². The Kier molecular flexibility index (Phi) is 5.30. The molecule has 6 nitrogen and oxygen atoms in total. The molecule has 7 heteroatoms. The van der Waals surface area contributed by atoms with E-state index >= 15 is 0 Å². The van der Waals surface area contributed by atoms with E-state index < -0.39 is 0 Å². The monoisotopic (exact) mass is 306 g/mol. The molecule has 0 amide bonds. The van der Waals surface area contributed by atoms with E-state index in [1.807, 2.05) is 24.0 Å². The molecule has 0 atom stereocenters. The van der Waals surface area contributed by atoms with Gasteiger partial charge in [0.1, 0.15) is 0 Å². The van der Waals surface area contributed by atoms with Crippen LogP contribution >= 0.6 is 11.8 Å². The van der Waals surface area contributed by atoms with Crippen LogP contribution in [-0.4, -0.2) is 37.3 Å². The third kappa shape index (κ3) is 5.43. The van der Waals surface area contributed by atoms with E-state index in [0.29, 0.717) is 0 Å². The van der Waals surface area contributed by atoms with Crippen molar-refractivity contribution in [1.82, 2.24) is 30.5 Å². The predicted octanol–water partition coefficient (Wildman–Crippen LogP) is 2.06. The summed E-state index contributed by atoms with van der Waals surface area (Å²) in [6, 6.07) is 2.13. The fourth-order valence-electron chi connectivity index (χ4n) is 1.82. The van der Waals surface area contributed by atoms with Crippen molar-refractivity contribution < 1.29 is 0 Å². The fourth-order valence-corrected chi connectivity index (χ4v) is 2.65. The Morgan fingerprint density at radius 1 is 1.29 bits per heavy atom. The van der Waals surface area contributed by atoms with Gasteiger partial charge < -0.3 is 5.32 Å². The van der Waals surface area contributed by atoms with Crippen molar-refractivity contribution >= 4 is 11.8 Å². The van der Waals surface area contributed by atoms with Gasteiger partial charge in [-0.25, -0.2) is 4.68 Å². The first-order valence-corrected chi connectivity index (χ1v) is 7.97. The summed E-state index contributed by atoms with van der Waals surface area (Å²) in [5, 5.41) is 16.2. The second-order valence-electron chi connectivity index (χ2n) is 6.02. The van der Waals surface area contributed by atoms with Crippen molar-refractivity contribution in [3.63, 3.8) is 0 Å². The van der Waals surface area contributed by atoms with Crippen LogP contribution in [0.1, 0.15) is 31.9 Å². The highest BCUT2D eigenvalue weighted by Crippen LogP contribution is 2.19. The van der Waals surface area contributed by atoms with Crippen LogP contribution in [0.5, 0.6) is 0 Å². The molecule has 0 aromatic carbocycles. The predicted molar refractivity (Wildman–Crippen MR) is 84.1 cm³/mol. The van der Waals surface area contributed by atoms with Crippen LogP contribution in [0.25, 0.3) is 0 Å². The Hall–Kier alpha value is -1.47. The third-order valence-electron chi connectivity index (χ3n) is 2.78. The third-order valence-corrected chi connectivity index (χ3v) is 3.81. The molecule has 114 valence electrons. The van der Waals surface area contributed by atoms with Crippen LogP contribution in [0.3, 0.4) is 0 Å². The zero-order valence-corrected chi connectivity index (χ0v) is 13.8. The lowest BCUT2D eigenvalue weighted by Gasteiger charge is -2.20. The molecule has 1 N–H and O–H groups in total. The molecule has 0 aliphatic heterocycles. The minimum absolute atomic E-state index is 0.106. The van der Waals surface area contributed by atoms with Crippen molar-refractivity contribution in [3.8, 4) is 0 Å². The fraction of sp³-hybridized carbons (Fsp3) is 0.571. The van der Waals surface area contributed by atoms with E-state index in [1.54, 1.807) is 11.8 Å². The van der Waals surface area contributed by atoms with E-state index in [9.17, 15) is 0 Å². The van der Waals surface area contributed by atoms with Crippen LogP contribution in [0.4, 0.5) is 0 Å². The van der Waals surface area contributed by atoms with E-state index in [1.165, 1.54) is 11.1 Å². The smallest absolute Gasteiger partial charge is 0.209 e. The highest BCUT2D eigenvalue weighted by Gasteiger charge is 2.10. The molecule has 0 aliphatic carbocycles. The summed E-state index contributed by atoms with van der Waals surface area (Å²) in [5.41, 5.74) is 2.46. The maximum absolute atomic E-state index is 4.20. The summed E-state index contributed by atoms with van der Waals surface area (Å²) < 4.78 is 1.84. The first-order valence-electron chi connectivity index (χ1n) is 6.98. The molecule has 2 heterocycles. The summed E-state index contributed by atoms with van der Waals surface area (Å²) in [6.45, 7) is 10.1. The molecule has 0 unspecified atom stereocenters. The van der Waals surface area contributed by atoms with Crippen LogP contribution in [0, 0.1) is 6.92 Å². The molecule has 2 aromatic heterocycles. The number of hydrogen-bond acceptors (Lipinski definition) is 6. The molecule has 0 fully saturated rings. The van der Waals surface area contributed by atoms with Crippen molar-refractivity contribution in [2.45, 2.75) is 50.7 Å². The molecule has 0 saturated carbocycles. The summed E-state index contributed by atoms with van der Waals surface area (Å²) in [5.74, 6) is 0.821. The number of pyridine rings is 1. The Morgan fingerprint density at radius 2 is 2.10 bits per heavy atom. The minimum Gasteiger partial charge on any atom is -0.310 e. The van der Waals surface area contributed by atoms with Gasteiger partial charge in [0.25, 0.3) is 0 Å². The SMILES string of the molecule is Cc1cncc(CSc2nnnn2CCNC(C)(C)C)c1. The van der Waals surface area contributed by atoms with Gasteiger partial charge in [-0.1, -0.05) is 17.8 Å². The zero-order chi connectivity index (χ0) is 15.3. The molecule has 0 aliphatic rings. The van der Waals surface area contributed by atoms with Crippen LogP contribution in [0.2, 0.25) is 0 Å². The van der Waals surface area contributed by atoms with Gasteiger partial charge in [-0.05, 0) is 49.2 Å². The van der Waals surface area contributed by atoms with Crippen molar-refractivity contribution in [3.05, 3.63) is 29.6 Å². The van der Waals surface area contributed by atoms with E-state index in [4.69, 9.17) is 0 Å². The maximum atomic E-state index is 4.20. The molecule has 21 heavy (non-hydrogen) atoms.